The largest absolute Gasteiger partial charge is 0.387 e. The van der Waals surface area contributed by atoms with Crippen LogP contribution in [0.1, 0.15) is 22.1 Å². The molecule has 1 heterocycles. The number of nitro groups is 1. The molecule has 6 heteroatoms. The van der Waals surface area contributed by atoms with Crippen LogP contribution in [0.2, 0.25) is 0 Å². The Labute approximate surface area is 123 Å². The first kappa shape index (κ1) is 14.2. The standard InChI is InChI=1S/C13H12BrNO3S/c1-8-6-12(19-13(8)14)11(16)7-9-4-2-3-5-10(9)15(17)18/h2-6,11,16H,7H2,1H3. The lowest BCUT2D eigenvalue weighted by atomic mass is 10.0. The molecule has 1 aromatic heterocycles. The maximum absolute atomic E-state index is 10.9. The molecule has 4 nitrogen and oxygen atoms in total. The van der Waals surface area contributed by atoms with E-state index in [9.17, 15) is 15.2 Å². The summed E-state index contributed by atoms with van der Waals surface area (Å²) in [5.41, 5.74) is 1.65. The molecule has 19 heavy (non-hydrogen) atoms. The number of hydrogen-bond acceptors (Lipinski definition) is 4. The van der Waals surface area contributed by atoms with Gasteiger partial charge in [0.15, 0.2) is 0 Å². The fraction of sp³-hybridized carbons (Fsp3) is 0.231. The molecule has 0 radical (unpaired) electrons. The summed E-state index contributed by atoms with van der Waals surface area (Å²) in [6, 6.07) is 8.40. The first-order valence-corrected chi connectivity index (χ1v) is 7.26. The van der Waals surface area contributed by atoms with Gasteiger partial charge in [-0.15, -0.1) is 11.3 Å². The molecule has 0 bridgehead atoms. The minimum absolute atomic E-state index is 0.0499. The first-order valence-electron chi connectivity index (χ1n) is 5.65. The lowest BCUT2D eigenvalue weighted by Gasteiger charge is -2.08. The van der Waals surface area contributed by atoms with Crippen molar-refractivity contribution in [1.29, 1.82) is 0 Å². The van der Waals surface area contributed by atoms with E-state index in [0.717, 1.165) is 14.2 Å². The molecular weight excluding hydrogens is 330 g/mol. The monoisotopic (exact) mass is 341 g/mol. The minimum Gasteiger partial charge on any atom is -0.387 e. The summed E-state index contributed by atoms with van der Waals surface area (Å²) >= 11 is 4.86. The van der Waals surface area contributed by atoms with Crippen molar-refractivity contribution in [3.05, 3.63) is 60.2 Å². The normalized spacial score (nSPS) is 12.4. The molecule has 0 saturated carbocycles. The van der Waals surface area contributed by atoms with Gasteiger partial charge in [-0.05, 0) is 34.5 Å². The average Bonchev–Trinajstić information content (AvgIpc) is 2.70. The van der Waals surface area contributed by atoms with Gasteiger partial charge < -0.3 is 5.11 Å². The van der Waals surface area contributed by atoms with Gasteiger partial charge in [0.05, 0.1) is 14.8 Å². The number of nitro benzene ring substituents is 1. The third kappa shape index (κ3) is 3.20. The molecule has 0 aliphatic heterocycles. The van der Waals surface area contributed by atoms with Crippen LogP contribution in [-0.2, 0) is 6.42 Å². The Kier molecular flexibility index (Phi) is 4.34. The fourth-order valence-electron chi connectivity index (χ4n) is 1.82. The lowest BCUT2D eigenvalue weighted by molar-refractivity contribution is -0.385. The smallest absolute Gasteiger partial charge is 0.272 e. The van der Waals surface area contributed by atoms with E-state index in [1.807, 2.05) is 13.0 Å². The number of halogens is 1. The van der Waals surface area contributed by atoms with Gasteiger partial charge in [-0.3, -0.25) is 10.1 Å². The second-order valence-electron chi connectivity index (χ2n) is 4.21. The Hall–Kier alpha value is -1.24. The van der Waals surface area contributed by atoms with Gasteiger partial charge in [0, 0.05) is 22.9 Å². The molecule has 100 valence electrons. The van der Waals surface area contributed by atoms with Crippen LogP contribution in [0, 0.1) is 17.0 Å². The van der Waals surface area contributed by atoms with Crippen molar-refractivity contribution in [3.8, 4) is 0 Å². The van der Waals surface area contributed by atoms with E-state index in [0.29, 0.717) is 5.56 Å². The second-order valence-corrected chi connectivity index (χ2v) is 6.61. The predicted octanol–water partition coefficient (Wildman–Crippen LogP) is 4.00. The number of hydrogen-bond donors (Lipinski definition) is 1. The lowest BCUT2D eigenvalue weighted by Crippen LogP contribution is -2.02. The van der Waals surface area contributed by atoms with E-state index in [4.69, 9.17) is 0 Å². The molecule has 2 rings (SSSR count). The van der Waals surface area contributed by atoms with Crippen molar-refractivity contribution in [1.82, 2.24) is 0 Å². The second kappa shape index (κ2) is 5.81. The van der Waals surface area contributed by atoms with Crippen LogP contribution in [0.4, 0.5) is 5.69 Å². The third-order valence-electron chi connectivity index (χ3n) is 2.81. The molecular formula is C13H12BrNO3S. The Morgan fingerprint density at radius 2 is 2.16 bits per heavy atom. The van der Waals surface area contributed by atoms with Gasteiger partial charge >= 0.3 is 0 Å². The number of aliphatic hydroxyl groups is 1. The molecule has 0 aliphatic rings. The maximum atomic E-state index is 10.9. The Bertz CT molecular complexity index is 592. The minimum atomic E-state index is -0.726. The van der Waals surface area contributed by atoms with Crippen molar-refractivity contribution in [2.45, 2.75) is 19.4 Å². The zero-order valence-electron chi connectivity index (χ0n) is 10.2. The summed E-state index contributed by atoms with van der Waals surface area (Å²) in [6.07, 6.45) is -0.486. The van der Waals surface area contributed by atoms with Crippen molar-refractivity contribution >= 4 is 33.0 Å². The highest BCUT2D eigenvalue weighted by Crippen LogP contribution is 2.33. The van der Waals surface area contributed by atoms with E-state index >= 15 is 0 Å². The van der Waals surface area contributed by atoms with E-state index in [1.54, 1.807) is 18.2 Å². The highest BCUT2D eigenvalue weighted by Gasteiger charge is 2.18. The molecule has 2 aromatic rings. The third-order valence-corrected chi connectivity index (χ3v) is 5.04. The van der Waals surface area contributed by atoms with Crippen LogP contribution in [0.25, 0.3) is 0 Å². The van der Waals surface area contributed by atoms with E-state index < -0.39 is 11.0 Å². The molecule has 1 unspecified atom stereocenters. The number of thiophene rings is 1. The predicted molar refractivity (Wildman–Crippen MR) is 78.5 cm³/mol. The number of aliphatic hydroxyl groups excluding tert-OH is 1. The summed E-state index contributed by atoms with van der Waals surface area (Å²) in [4.78, 5) is 11.3. The Balaban J connectivity index is 2.24. The van der Waals surface area contributed by atoms with E-state index in [-0.39, 0.29) is 12.1 Å². The maximum Gasteiger partial charge on any atom is 0.272 e. The average molecular weight is 342 g/mol. The number of rotatable bonds is 4. The highest BCUT2D eigenvalue weighted by molar-refractivity contribution is 9.11. The molecule has 0 saturated heterocycles. The van der Waals surface area contributed by atoms with Crippen LogP contribution >= 0.6 is 27.3 Å². The highest BCUT2D eigenvalue weighted by atomic mass is 79.9. The Morgan fingerprint density at radius 3 is 2.74 bits per heavy atom. The van der Waals surface area contributed by atoms with Crippen molar-refractivity contribution in [2.24, 2.45) is 0 Å². The molecule has 1 aromatic carbocycles. The quantitative estimate of drug-likeness (QED) is 0.675. The SMILES string of the molecule is Cc1cc(C(O)Cc2ccccc2[N+](=O)[O-])sc1Br. The molecule has 0 fully saturated rings. The van der Waals surface area contributed by atoms with Crippen LogP contribution < -0.4 is 0 Å². The van der Waals surface area contributed by atoms with Gasteiger partial charge in [0.25, 0.3) is 5.69 Å². The summed E-state index contributed by atoms with van der Waals surface area (Å²) in [5, 5.41) is 21.1. The van der Waals surface area contributed by atoms with Crippen molar-refractivity contribution < 1.29 is 10.0 Å². The molecule has 0 aliphatic carbocycles. The summed E-state index contributed by atoms with van der Waals surface area (Å²) in [6.45, 7) is 1.95. The first-order chi connectivity index (χ1) is 8.99. The number of para-hydroxylation sites is 1. The molecule has 1 atom stereocenters. The van der Waals surface area contributed by atoms with Crippen LogP contribution in [0.15, 0.2) is 34.1 Å². The van der Waals surface area contributed by atoms with Crippen molar-refractivity contribution in [2.75, 3.05) is 0 Å². The van der Waals surface area contributed by atoms with Gasteiger partial charge in [0.1, 0.15) is 0 Å². The summed E-state index contributed by atoms with van der Waals surface area (Å²) in [5.74, 6) is 0. The number of benzene rings is 1. The van der Waals surface area contributed by atoms with Crippen LogP contribution in [0.5, 0.6) is 0 Å². The van der Waals surface area contributed by atoms with E-state index in [1.165, 1.54) is 17.4 Å². The van der Waals surface area contributed by atoms with Crippen molar-refractivity contribution in [3.63, 3.8) is 0 Å². The molecule has 0 amide bonds. The van der Waals surface area contributed by atoms with Gasteiger partial charge in [-0.1, -0.05) is 18.2 Å². The molecule has 1 N–H and O–H groups in total. The summed E-state index contributed by atoms with van der Waals surface area (Å²) < 4.78 is 0.976. The van der Waals surface area contributed by atoms with Crippen LogP contribution in [0.3, 0.4) is 0 Å². The zero-order valence-corrected chi connectivity index (χ0v) is 12.6. The number of aryl methyl sites for hydroxylation is 1. The molecule has 0 spiro atoms. The van der Waals surface area contributed by atoms with Crippen LogP contribution in [-0.4, -0.2) is 10.0 Å². The summed E-state index contributed by atoms with van der Waals surface area (Å²) in [7, 11) is 0. The van der Waals surface area contributed by atoms with Gasteiger partial charge in [-0.25, -0.2) is 0 Å². The topological polar surface area (TPSA) is 63.4 Å². The van der Waals surface area contributed by atoms with E-state index in [2.05, 4.69) is 15.9 Å². The fourth-order valence-corrected chi connectivity index (χ4v) is 3.38. The number of nitrogens with zero attached hydrogens (tertiary/aromatic N) is 1. The van der Waals surface area contributed by atoms with Gasteiger partial charge in [0.2, 0.25) is 0 Å². The Morgan fingerprint density at radius 1 is 1.47 bits per heavy atom. The zero-order chi connectivity index (χ0) is 14.0. The van der Waals surface area contributed by atoms with Gasteiger partial charge in [-0.2, -0.15) is 0 Å².